The number of anilines is 3. The summed E-state index contributed by atoms with van der Waals surface area (Å²) in [7, 11) is 0. The van der Waals surface area contributed by atoms with E-state index in [-0.39, 0.29) is 0 Å². The molecule has 11 rings (SSSR count). The van der Waals surface area contributed by atoms with Crippen LogP contribution in [0.4, 0.5) is 17.1 Å². The summed E-state index contributed by atoms with van der Waals surface area (Å²) >= 11 is 0. The minimum atomic E-state index is 0.862. The molecule has 2 aromatic heterocycles. The van der Waals surface area contributed by atoms with Crippen molar-refractivity contribution in [2.75, 3.05) is 4.90 Å². The van der Waals surface area contributed by atoms with Gasteiger partial charge in [-0.1, -0.05) is 109 Å². The Bertz CT molecular complexity index is 3150. The Morgan fingerprint density at radius 3 is 1.59 bits per heavy atom. The van der Waals surface area contributed by atoms with Crippen LogP contribution >= 0.6 is 0 Å². The third-order valence-electron chi connectivity index (χ3n) is 10.4. The Morgan fingerprint density at radius 2 is 0.784 bits per heavy atom. The van der Waals surface area contributed by atoms with Crippen LogP contribution in [0.25, 0.3) is 87.3 Å². The van der Waals surface area contributed by atoms with E-state index in [1.165, 1.54) is 43.4 Å². The van der Waals surface area contributed by atoms with E-state index in [4.69, 9.17) is 8.83 Å². The first-order valence-electron chi connectivity index (χ1n) is 17.3. The molecule has 0 spiro atoms. The maximum Gasteiger partial charge on any atom is 0.137 e. The molecular formula is C48H29NO2. The van der Waals surface area contributed by atoms with Crippen molar-refractivity contribution in [2.45, 2.75) is 0 Å². The maximum absolute atomic E-state index is 6.36. The molecular weight excluding hydrogens is 623 g/mol. The highest BCUT2D eigenvalue weighted by Gasteiger charge is 2.18. The number of nitrogens with zero attached hydrogens (tertiary/aromatic N) is 1. The van der Waals surface area contributed by atoms with Crippen LogP contribution in [0, 0.1) is 0 Å². The van der Waals surface area contributed by atoms with Gasteiger partial charge in [0.1, 0.15) is 22.3 Å². The third-order valence-corrected chi connectivity index (χ3v) is 10.4. The fourth-order valence-electron chi connectivity index (χ4n) is 7.95. The molecule has 0 amide bonds. The minimum absolute atomic E-state index is 0.862. The number of hydrogen-bond acceptors (Lipinski definition) is 3. The van der Waals surface area contributed by atoms with Crippen LogP contribution in [0.1, 0.15) is 0 Å². The van der Waals surface area contributed by atoms with Crippen molar-refractivity contribution in [2.24, 2.45) is 0 Å². The van der Waals surface area contributed by atoms with Crippen molar-refractivity contribution in [3.05, 3.63) is 176 Å². The summed E-state index contributed by atoms with van der Waals surface area (Å²) in [6, 6.07) is 62.8. The van der Waals surface area contributed by atoms with Crippen LogP contribution in [-0.4, -0.2) is 0 Å². The van der Waals surface area contributed by atoms with Crippen molar-refractivity contribution in [3.63, 3.8) is 0 Å². The van der Waals surface area contributed by atoms with E-state index in [0.717, 1.165) is 60.9 Å². The second-order valence-electron chi connectivity index (χ2n) is 13.3. The van der Waals surface area contributed by atoms with Crippen molar-refractivity contribution >= 4 is 93.3 Å². The molecule has 3 heteroatoms. The molecule has 0 radical (unpaired) electrons. The van der Waals surface area contributed by atoms with Gasteiger partial charge in [0.15, 0.2) is 0 Å². The molecule has 0 bridgehead atoms. The summed E-state index contributed by atoms with van der Waals surface area (Å²) in [6.45, 7) is 0. The highest BCUT2D eigenvalue weighted by Crippen LogP contribution is 2.42. The Kier molecular flexibility index (Phi) is 5.96. The molecule has 0 saturated heterocycles. The standard InChI is InChI=1S/C48H29NO2/c1-2-8-37-31(7-1)17-24-39-38(37)23-18-32-13-14-33(27-43(32)39)30-15-19-34(20-16-30)49(35-22-26-47-44(28-35)41-10-4-6-12-46(41)50-47)36-21-25-42-40-9-3-5-11-45(40)51-48(42)29-36/h1-29H. The van der Waals surface area contributed by atoms with Gasteiger partial charge < -0.3 is 13.7 Å². The first-order valence-corrected chi connectivity index (χ1v) is 17.3. The molecule has 0 aliphatic rings. The molecule has 0 aliphatic heterocycles. The number of furan rings is 2. The van der Waals surface area contributed by atoms with E-state index in [2.05, 4.69) is 157 Å². The molecule has 3 nitrogen and oxygen atoms in total. The predicted octanol–water partition coefficient (Wildman–Crippen LogP) is 14.1. The highest BCUT2D eigenvalue weighted by molar-refractivity contribution is 6.18. The lowest BCUT2D eigenvalue weighted by atomic mass is 9.94. The Morgan fingerprint density at radius 1 is 0.275 bits per heavy atom. The lowest BCUT2D eigenvalue weighted by Crippen LogP contribution is -2.09. The largest absolute Gasteiger partial charge is 0.456 e. The third kappa shape index (κ3) is 4.38. The van der Waals surface area contributed by atoms with E-state index in [9.17, 15) is 0 Å². The van der Waals surface area contributed by atoms with Crippen LogP contribution in [0.3, 0.4) is 0 Å². The van der Waals surface area contributed by atoms with E-state index in [1.54, 1.807) is 0 Å². The molecule has 0 N–H and O–H groups in total. The number of hydrogen-bond donors (Lipinski definition) is 0. The van der Waals surface area contributed by atoms with Gasteiger partial charge in [-0.2, -0.15) is 0 Å². The zero-order valence-corrected chi connectivity index (χ0v) is 27.5. The highest BCUT2D eigenvalue weighted by atomic mass is 16.3. The first kappa shape index (κ1) is 28.0. The predicted molar refractivity (Wildman–Crippen MR) is 214 cm³/mol. The van der Waals surface area contributed by atoms with E-state index >= 15 is 0 Å². The summed E-state index contributed by atoms with van der Waals surface area (Å²) in [4.78, 5) is 2.30. The van der Waals surface area contributed by atoms with Gasteiger partial charge in [0.2, 0.25) is 0 Å². The summed E-state index contributed by atoms with van der Waals surface area (Å²) in [5, 5.41) is 12.0. The summed E-state index contributed by atoms with van der Waals surface area (Å²) in [5.41, 5.74) is 9.00. The molecule has 0 aliphatic carbocycles. The van der Waals surface area contributed by atoms with Gasteiger partial charge in [-0.15, -0.1) is 0 Å². The van der Waals surface area contributed by atoms with Crippen molar-refractivity contribution in [3.8, 4) is 11.1 Å². The van der Waals surface area contributed by atoms with Gasteiger partial charge in [-0.05, 0) is 104 Å². The minimum Gasteiger partial charge on any atom is -0.456 e. The molecule has 238 valence electrons. The van der Waals surface area contributed by atoms with E-state index in [0.29, 0.717) is 0 Å². The normalized spacial score (nSPS) is 11.9. The quantitative estimate of drug-likeness (QED) is 0.177. The average molecular weight is 652 g/mol. The Hall–Kier alpha value is -6.84. The number of para-hydroxylation sites is 2. The smallest absolute Gasteiger partial charge is 0.137 e. The molecule has 0 atom stereocenters. The van der Waals surface area contributed by atoms with Crippen LogP contribution in [0.2, 0.25) is 0 Å². The summed E-state index contributed by atoms with van der Waals surface area (Å²) < 4.78 is 12.6. The molecule has 9 aromatic carbocycles. The van der Waals surface area contributed by atoms with Crippen molar-refractivity contribution < 1.29 is 8.83 Å². The molecule has 51 heavy (non-hydrogen) atoms. The Labute approximate surface area is 293 Å². The average Bonchev–Trinajstić information content (AvgIpc) is 3.75. The number of fused-ring (bicyclic) bond motifs is 11. The molecule has 0 unspecified atom stereocenters. The van der Waals surface area contributed by atoms with Crippen molar-refractivity contribution in [1.29, 1.82) is 0 Å². The van der Waals surface area contributed by atoms with Crippen LogP contribution in [-0.2, 0) is 0 Å². The lowest BCUT2D eigenvalue weighted by molar-refractivity contribution is 0.668. The summed E-state index contributed by atoms with van der Waals surface area (Å²) in [6.07, 6.45) is 0. The van der Waals surface area contributed by atoms with Crippen LogP contribution in [0.5, 0.6) is 0 Å². The molecule has 2 heterocycles. The zero-order valence-electron chi connectivity index (χ0n) is 27.5. The Balaban J connectivity index is 1.05. The van der Waals surface area contributed by atoms with E-state index < -0.39 is 0 Å². The second-order valence-corrected chi connectivity index (χ2v) is 13.3. The fraction of sp³-hybridized carbons (Fsp3) is 0. The zero-order chi connectivity index (χ0) is 33.5. The SMILES string of the molecule is c1ccc2c(c1)ccc1c3cc(-c4ccc(N(c5ccc6c(c5)oc5ccccc56)c5ccc6oc7ccccc7c6c5)cc4)ccc3ccc21. The molecule has 0 fully saturated rings. The van der Waals surface area contributed by atoms with Gasteiger partial charge >= 0.3 is 0 Å². The monoisotopic (exact) mass is 651 g/mol. The van der Waals surface area contributed by atoms with Gasteiger partial charge in [-0.3, -0.25) is 0 Å². The summed E-state index contributed by atoms with van der Waals surface area (Å²) in [5.74, 6) is 0. The molecule has 0 saturated carbocycles. The maximum atomic E-state index is 6.36. The lowest BCUT2D eigenvalue weighted by Gasteiger charge is -2.26. The topological polar surface area (TPSA) is 29.5 Å². The first-order chi connectivity index (χ1) is 25.2. The number of rotatable bonds is 4. The number of benzene rings is 9. The fourth-order valence-corrected chi connectivity index (χ4v) is 7.95. The molecule has 11 aromatic rings. The van der Waals surface area contributed by atoms with Gasteiger partial charge in [0, 0.05) is 44.7 Å². The van der Waals surface area contributed by atoms with E-state index in [1.807, 2.05) is 24.3 Å². The van der Waals surface area contributed by atoms with Crippen LogP contribution < -0.4 is 4.90 Å². The second kappa shape index (κ2) is 10.8. The van der Waals surface area contributed by atoms with Crippen molar-refractivity contribution in [1.82, 2.24) is 0 Å². The van der Waals surface area contributed by atoms with Crippen LogP contribution in [0.15, 0.2) is 185 Å². The van der Waals surface area contributed by atoms with Gasteiger partial charge in [0.05, 0.1) is 0 Å². The van der Waals surface area contributed by atoms with Gasteiger partial charge in [-0.25, -0.2) is 0 Å². The van der Waals surface area contributed by atoms with Gasteiger partial charge in [0.25, 0.3) is 0 Å².